The molecule has 1 aliphatic heterocycles. The van der Waals surface area contributed by atoms with E-state index in [1.165, 1.54) is 6.92 Å². The van der Waals surface area contributed by atoms with E-state index in [9.17, 15) is 45.3 Å². The van der Waals surface area contributed by atoms with E-state index in [1.54, 1.807) is 0 Å². The molecule has 7 N–H and O–H groups in total. The molecule has 31 heavy (non-hydrogen) atoms. The van der Waals surface area contributed by atoms with Crippen LogP contribution in [0, 0.1) is 0 Å². The van der Waals surface area contributed by atoms with E-state index in [2.05, 4.69) is 0 Å². The third-order valence-corrected chi connectivity index (χ3v) is 5.03. The van der Waals surface area contributed by atoms with Crippen LogP contribution in [-0.4, -0.2) is 98.0 Å². The van der Waals surface area contributed by atoms with Crippen LogP contribution in [-0.2, 0) is 19.0 Å². The number of aliphatic carboxylic acids is 1. The SMILES string of the molecule is CO[C@H](C[C@@H](O[C@@H]1O[C@@H](CO)[C@@H](O)[C@@H](O)[C@H]1O)c1c(O)ccc(C(C)=O)c1O)C(=O)O. The van der Waals surface area contributed by atoms with Crippen LogP contribution >= 0.6 is 0 Å². The number of ether oxygens (including phenoxy) is 3. The summed E-state index contributed by atoms with van der Waals surface area (Å²) < 4.78 is 15.7. The maximum atomic E-state index is 11.8. The number of phenols is 2. The van der Waals surface area contributed by atoms with Gasteiger partial charge in [0.05, 0.1) is 23.8 Å². The summed E-state index contributed by atoms with van der Waals surface area (Å²) in [4.78, 5) is 23.2. The van der Waals surface area contributed by atoms with Crippen molar-refractivity contribution in [3.8, 4) is 11.5 Å². The van der Waals surface area contributed by atoms with Gasteiger partial charge in [-0.15, -0.1) is 0 Å². The molecule has 0 radical (unpaired) electrons. The molecule has 1 fully saturated rings. The molecule has 0 saturated carbocycles. The fourth-order valence-electron chi connectivity index (χ4n) is 3.27. The van der Waals surface area contributed by atoms with E-state index in [0.717, 1.165) is 19.2 Å². The van der Waals surface area contributed by atoms with Crippen LogP contribution in [0.5, 0.6) is 11.5 Å². The minimum atomic E-state index is -1.83. The lowest BCUT2D eigenvalue weighted by molar-refractivity contribution is -0.314. The minimum Gasteiger partial charge on any atom is -0.507 e. The Morgan fingerprint density at radius 2 is 1.77 bits per heavy atom. The van der Waals surface area contributed by atoms with Gasteiger partial charge in [-0.05, 0) is 19.1 Å². The van der Waals surface area contributed by atoms with Gasteiger partial charge in [0, 0.05) is 13.5 Å². The maximum Gasteiger partial charge on any atom is 0.332 e. The zero-order valence-electron chi connectivity index (χ0n) is 16.8. The monoisotopic (exact) mass is 446 g/mol. The van der Waals surface area contributed by atoms with Gasteiger partial charge >= 0.3 is 5.97 Å². The van der Waals surface area contributed by atoms with Crippen LogP contribution in [0.15, 0.2) is 12.1 Å². The second-order valence-electron chi connectivity index (χ2n) is 7.07. The van der Waals surface area contributed by atoms with Gasteiger partial charge in [-0.3, -0.25) is 4.79 Å². The van der Waals surface area contributed by atoms with Gasteiger partial charge in [-0.1, -0.05) is 0 Å². The van der Waals surface area contributed by atoms with Crippen molar-refractivity contribution in [2.24, 2.45) is 0 Å². The number of aliphatic hydroxyl groups is 4. The number of aromatic hydroxyl groups is 2. The van der Waals surface area contributed by atoms with E-state index in [1.807, 2.05) is 0 Å². The maximum absolute atomic E-state index is 11.8. The molecule has 0 aromatic heterocycles. The Bertz CT molecular complexity index is 794. The highest BCUT2D eigenvalue weighted by molar-refractivity contribution is 5.97. The number of ketones is 1. The molecular formula is C19H26O12. The van der Waals surface area contributed by atoms with Crippen molar-refractivity contribution in [2.75, 3.05) is 13.7 Å². The summed E-state index contributed by atoms with van der Waals surface area (Å²) in [5.74, 6) is -3.17. The number of rotatable bonds is 9. The molecule has 12 heteroatoms. The molecule has 0 unspecified atom stereocenters. The average Bonchev–Trinajstić information content (AvgIpc) is 2.71. The lowest BCUT2D eigenvalue weighted by atomic mass is 9.96. The number of benzene rings is 1. The Balaban J connectivity index is 2.49. The zero-order valence-corrected chi connectivity index (χ0v) is 16.8. The Kier molecular flexibility index (Phi) is 8.31. The number of methoxy groups -OCH3 is 1. The Labute approximate surface area is 176 Å². The van der Waals surface area contributed by atoms with Gasteiger partial charge in [0.1, 0.15) is 35.9 Å². The quantitative estimate of drug-likeness (QED) is 0.220. The standard InChI is InChI=1S/C19H26O12/c1-7(21)8-3-4-9(22)13(14(8)23)10(5-11(29-2)18(27)28)30-19-17(26)16(25)15(24)12(6-20)31-19/h3-4,10-12,15-17,19-20,22-26H,5-6H2,1-2H3,(H,27,28)/t10-,11-,12+,15-,16-,17-,19-/m1/s1. The van der Waals surface area contributed by atoms with Gasteiger partial charge in [-0.25, -0.2) is 4.79 Å². The average molecular weight is 446 g/mol. The second kappa shape index (κ2) is 10.3. The van der Waals surface area contributed by atoms with Gasteiger partial charge in [0.15, 0.2) is 18.2 Å². The number of carbonyl (C=O) groups excluding carboxylic acids is 1. The van der Waals surface area contributed by atoms with Crippen molar-refractivity contribution in [3.63, 3.8) is 0 Å². The Morgan fingerprint density at radius 3 is 2.29 bits per heavy atom. The zero-order chi connectivity index (χ0) is 23.5. The number of carboxylic acid groups (broad SMARTS) is 1. The molecule has 174 valence electrons. The first kappa shape index (κ1) is 24.9. The third kappa shape index (κ3) is 5.30. The third-order valence-electron chi connectivity index (χ3n) is 5.03. The van der Waals surface area contributed by atoms with Crippen LogP contribution in [0.3, 0.4) is 0 Å². The van der Waals surface area contributed by atoms with Crippen molar-refractivity contribution in [1.29, 1.82) is 0 Å². The molecule has 7 atom stereocenters. The number of Topliss-reactive ketones (excluding diaryl/α,β-unsaturated/α-hetero) is 1. The summed E-state index contributed by atoms with van der Waals surface area (Å²) in [7, 11) is 1.11. The predicted molar refractivity (Wildman–Crippen MR) is 100 cm³/mol. The van der Waals surface area contributed by atoms with Gasteiger partial charge in [0.25, 0.3) is 0 Å². The summed E-state index contributed by atoms with van der Waals surface area (Å²) in [5.41, 5.74) is -0.549. The summed E-state index contributed by atoms with van der Waals surface area (Å²) in [6, 6.07) is 2.25. The number of phenolic OH excluding ortho intramolecular Hbond substituents is 2. The van der Waals surface area contributed by atoms with Crippen LogP contribution in [0.4, 0.5) is 0 Å². The highest BCUT2D eigenvalue weighted by Crippen LogP contribution is 2.41. The van der Waals surface area contributed by atoms with Crippen molar-refractivity contribution in [1.82, 2.24) is 0 Å². The fourth-order valence-corrected chi connectivity index (χ4v) is 3.27. The molecular weight excluding hydrogens is 420 g/mol. The predicted octanol–water partition coefficient (Wildman–Crippen LogP) is -1.35. The largest absolute Gasteiger partial charge is 0.507 e. The molecule has 0 amide bonds. The Hall–Kier alpha value is -2.32. The smallest absolute Gasteiger partial charge is 0.332 e. The highest BCUT2D eigenvalue weighted by atomic mass is 16.7. The number of carboxylic acids is 1. The number of aliphatic hydroxyl groups excluding tert-OH is 4. The fraction of sp³-hybridized carbons (Fsp3) is 0.579. The molecule has 1 saturated heterocycles. The van der Waals surface area contributed by atoms with E-state index in [0.29, 0.717) is 0 Å². The molecule has 2 rings (SSSR count). The first-order valence-electron chi connectivity index (χ1n) is 9.30. The summed E-state index contributed by atoms with van der Waals surface area (Å²) in [5, 5.41) is 69.6. The van der Waals surface area contributed by atoms with Crippen molar-refractivity contribution < 1.29 is 59.5 Å². The first-order valence-corrected chi connectivity index (χ1v) is 9.30. The summed E-state index contributed by atoms with van der Waals surface area (Å²) in [6.07, 6.45) is -11.8. The van der Waals surface area contributed by atoms with Crippen LogP contribution in [0.1, 0.15) is 35.4 Å². The minimum absolute atomic E-state index is 0.181. The molecule has 0 bridgehead atoms. The highest BCUT2D eigenvalue weighted by Gasteiger charge is 2.45. The number of carbonyl (C=O) groups is 2. The molecule has 1 aliphatic rings. The normalized spacial score (nSPS) is 28.1. The van der Waals surface area contributed by atoms with Gasteiger partial charge < -0.3 is 50.0 Å². The van der Waals surface area contributed by atoms with Gasteiger partial charge in [-0.2, -0.15) is 0 Å². The van der Waals surface area contributed by atoms with Crippen molar-refractivity contribution in [2.45, 2.75) is 56.3 Å². The molecule has 1 aromatic rings. The van der Waals surface area contributed by atoms with E-state index < -0.39 is 79.2 Å². The summed E-state index contributed by atoms with van der Waals surface area (Å²) >= 11 is 0. The first-order chi connectivity index (χ1) is 14.5. The molecule has 0 aliphatic carbocycles. The molecule has 1 aromatic carbocycles. The van der Waals surface area contributed by atoms with E-state index >= 15 is 0 Å². The van der Waals surface area contributed by atoms with Crippen LogP contribution in [0.2, 0.25) is 0 Å². The lowest BCUT2D eigenvalue weighted by Gasteiger charge is -2.41. The molecule has 12 nitrogen and oxygen atoms in total. The van der Waals surface area contributed by atoms with E-state index in [-0.39, 0.29) is 11.1 Å². The van der Waals surface area contributed by atoms with E-state index in [4.69, 9.17) is 14.2 Å². The second-order valence-corrected chi connectivity index (χ2v) is 7.07. The summed E-state index contributed by atoms with van der Waals surface area (Å²) in [6.45, 7) is 0.431. The topological polar surface area (TPSA) is 203 Å². The van der Waals surface area contributed by atoms with Gasteiger partial charge in [0.2, 0.25) is 0 Å². The van der Waals surface area contributed by atoms with Crippen molar-refractivity contribution in [3.05, 3.63) is 23.3 Å². The number of hydrogen-bond donors (Lipinski definition) is 7. The number of hydrogen-bond acceptors (Lipinski definition) is 11. The van der Waals surface area contributed by atoms with Crippen molar-refractivity contribution >= 4 is 11.8 Å². The van der Waals surface area contributed by atoms with Crippen LogP contribution < -0.4 is 0 Å². The Morgan fingerprint density at radius 1 is 1.13 bits per heavy atom. The lowest BCUT2D eigenvalue weighted by Crippen LogP contribution is -2.59. The molecule has 0 spiro atoms. The van der Waals surface area contributed by atoms with Crippen LogP contribution in [0.25, 0.3) is 0 Å². The molecule has 1 heterocycles.